The van der Waals surface area contributed by atoms with Crippen molar-refractivity contribution in [1.82, 2.24) is 0 Å². The van der Waals surface area contributed by atoms with Crippen LogP contribution in [0.4, 0.5) is 11.4 Å². The molecule has 4 rings (SSSR count). The lowest BCUT2D eigenvalue weighted by molar-refractivity contribution is -0.114. The van der Waals surface area contributed by atoms with Crippen LogP contribution in [0.5, 0.6) is 5.75 Å². The predicted molar refractivity (Wildman–Crippen MR) is 139 cm³/mol. The minimum Gasteiger partial charge on any atom is -0.489 e. The van der Waals surface area contributed by atoms with Crippen LogP contribution in [0.3, 0.4) is 0 Å². The molecule has 0 atom stereocenters. The van der Waals surface area contributed by atoms with E-state index in [9.17, 15) is 9.59 Å². The summed E-state index contributed by atoms with van der Waals surface area (Å²) in [6.45, 7) is 1.82. The molecule has 0 radical (unpaired) electrons. The summed E-state index contributed by atoms with van der Waals surface area (Å²) in [5.41, 5.74) is 3.08. The van der Waals surface area contributed by atoms with Gasteiger partial charge in [0.25, 0.3) is 5.91 Å². The molecule has 33 heavy (non-hydrogen) atoms. The third-order valence-corrected chi connectivity index (χ3v) is 6.44. The summed E-state index contributed by atoms with van der Waals surface area (Å²) in [6, 6.07) is 22.0. The lowest BCUT2D eigenvalue weighted by Gasteiger charge is -2.15. The SMILES string of the molecule is CC(=O)Nc1ccc(N2C(=O)/C(=C/c3ccc(OCc4ccccc4Cl)cc3)SC2=S)cc1. The smallest absolute Gasteiger partial charge is 0.270 e. The molecular weight excluding hydrogens is 476 g/mol. The van der Waals surface area contributed by atoms with Crippen LogP contribution in [0, 0.1) is 0 Å². The van der Waals surface area contributed by atoms with E-state index in [4.69, 9.17) is 28.6 Å². The van der Waals surface area contributed by atoms with Crippen LogP contribution < -0.4 is 15.0 Å². The van der Waals surface area contributed by atoms with Gasteiger partial charge >= 0.3 is 0 Å². The lowest BCUT2D eigenvalue weighted by atomic mass is 10.2. The number of rotatable bonds is 6. The molecule has 1 saturated heterocycles. The number of carbonyl (C=O) groups is 2. The van der Waals surface area contributed by atoms with Crippen molar-refractivity contribution in [3.05, 3.63) is 93.9 Å². The molecule has 8 heteroatoms. The average Bonchev–Trinajstić information content (AvgIpc) is 3.07. The van der Waals surface area contributed by atoms with Gasteiger partial charge in [-0.25, -0.2) is 0 Å². The number of hydrogen-bond donors (Lipinski definition) is 1. The van der Waals surface area contributed by atoms with E-state index in [1.54, 1.807) is 24.3 Å². The first-order chi connectivity index (χ1) is 15.9. The highest BCUT2D eigenvalue weighted by Crippen LogP contribution is 2.36. The number of halogens is 1. The van der Waals surface area contributed by atoms with E-state index in [-0.39, 0.29) is 11.8 Å². The molecule has 1 aliphatic heterocycles. The third-order valence-electron chi connectivity index (χ3n) is 4.77. The molecule has 0 aromatic heterocycles. The van der Waals surface area contributed by atoms with Crippen molar-refractivity contribution in [1.29, 1.82) is 0 Å². The number of ether oxygens (including phenoxy) is 1. The summed E-state index contributed by atoms with van der Waals surface area (Å²) in [7, 11) is 0. The van der Waals surface area contributed by atoms with E-state index < -0.39 is 0 Å². The Hall–Kier alpha value is -3.13. The Kier molecular flexibility index (Phi) is 7.13. The molecule has 0 aliphatic carbocycles. The van der Waals surface area contributed by atoms with E-state index >= 15 is 0 Å². The molecule has 1 heterocycles. The number of nitrogens with one attached hydrogen (secondary N) is 1. The van der Waals surface area contributed by atoms with Crippen LogP contribution in [0.1, 0.15) is 18.1 Å². The summed E-state index contributed by atoms with van der Waals surface area (Å²) in [6.07, 6.45) is 1.81. The van der Waals surface area contributed by atoms with Crippen molar-refractivity contribution in [3.8, 4) is 5.75 Å². The van der Waals surface area contributed by atoms with E-state index in [1.165, 1.54) is 23.6 Å². The summed E-state index contributed by atoms with van der Waals surface area (Å²) >= 11 is 12.9. The molecule has 0 spiro atoms. The molecule has 0 unspecified atom stereocenters. The fourth-order valence-electron chi connectivity index (χ4n) is 3.18. The number of carbonyl (C=O) groups excluding carboxylic acids is 2. The van der Waals surface area contributed by atoms with Crippen LogP contribution in [0.15, 0.2) is 77.7 Å². The van der Waals surface area contributed by atoms with Crippen LogP contribution in [0.25, 0.3) is 6.08 Å². The molecular formula is C25H19ClN2O3S2. The Bertz CT molecular complexity index is 1240. The lowest BCUT2D eigenvalue weighted by Crippen LogP contribution is -2.27. The van der Waals surface area contributed by atoms with Gasteiger partial charge in [0.05, 0.1) is 10.6 Å². The van der Waals surface area contributed by atoms with Crippen LogP contribution in [-0.2, 0) is 16.2 Å². The molecule has 5 nitrogen and oxygen atoms in total. The average molecular weight is 495 g/mol. The quantitative estimate of drug-likeness (QED) is 0.322. The Morgan fingerprint density at radius 3 is 2.45 bits per heavy atom. The largest absolute Gasteiger partial charge is 0.489 e. The van der Waals surface area contributed by atoms with Crippen molar-refractivity contribution in [2.45, 2.75) is 13.5 Å². The second kappa shape index (κ2) is 10.2. The van der Waals surface area contributed by atoms with Gasteiger partial charge in [0.1, 0.15) is 12.4 Å². The molecule has 1 fully saturated rings. The maximum absolute atomic E-state index is 13.0. The zero-order chi connectivity index (χ0) is 23.4. The van der Waals surface area contributed by atoms with E-state index in [0.717, 1.165) is 11.1 Å². The van der Waals surface area contributed by atoms with Gasteiger partial charge < -0.3 is 10.1 Å². The topological polar surface area (TPSA) is 58.6 Å². The number of thioether (sulfide) groups is 1. The van der Waals surface area contributed by atoms with E-state index in [0.29, 0.717) is 38.0 Å². The molecule has 3 aromatic rings. The first-order valence-electron chi connectivity index (χ1n) is 10.0. The van der Waals surface area contributed by atoms with Gasteiger partial charge in [-0.1, -0.05) is 65.9 Å². The van der Waals surface area contributed by atoms with Gasteiger partial charge in [-0.3, -0.25) is 14.5 Å². The maximum Gasteiger partial charge on any atom is 0.270 e. The molecule has 1 aliphatic rings. The van der Waals surface area contributed by atoms with Crippen molar-refractivity contribution in [2.75, 3.05) is 10.2 Å². The minimum atomic E-state index is -0.184. The van der Waals surface area contributed by atoms with Crippen molar-refractivity contribution in [3.63, 3.8) is 0 Å². The van der Waals surface area contributed by atoms with E-state index in [2.05, 4.69) is 5.32 Å². The second-order valence-corrected chi connectivity index (χ2v) is 9.28. The van der Waals surface area contributed by atoms with Crippen molar-refractivity contribution < 1.29 is 14.3 Å². The molecule has 2 amide bonds. The number of thiocarbonyl (C=S) groups is 1. The van der Waals surface area contributed by atoms with Gasteiger partial charge in [0, 0.05) is 23.2 Å². The highest BCUT2D eigenvalue weighted by Gasteiger charge is 2.33. The van der Waals surface area contributed by atoms with Crippen molar-refractivity contribution >= 4 is 69.2 Å². The first kappa shape index (κ1) is 23.0. The highest BCUT2D eigenvalue weighted by molar-refractivity contribution is 8.27. The van der Waals surface area contributed by atoms with Gasteiger partial charge in [-0.2, -0.15) is 0 Å². The number of hydrogen-bond acceptors (Lipinski definition) is 5. The monoisotopic (exact) mass is 494 g/mol. The minimum absolute atomic E-state index is 0.156. The van der Waals surface area contributed by atoms with Crippen LogP contribution in [0.2, 0.25) is 5.02 Å². The zero-order valence-electron chi connectivity index (χ0n) is 17.6. The fraction of sp³-hybridized carbons (Fsp3) is 0.0800. The summed E-state index contributed by atoms with van der Waals surface area (Å²) in [4.78, 5) is 26.2. The summed E-state index contributed by atoms with van der Waals surface area (Å²) < 4.78 is 6.27. The number of benzene rings is 3. The number of amides is 2. The van der Waals surface area contributed by atoms with Gasteiger partial charge in [-0.15, -0.1) is 0 Å². The summed E-state index contributed by atoms with van der Waals surface area (Å²) in [5.74, 6) is 0.367. The Labute approximate surface area is 206 Å². The Morgan fingerprint density at radius 1 is 1.09 bits per heavy atom. The molecule has 0 saturated carbocycles. The van der Waals surface area contributed by atoms with Crippen LogP contribution >= 0.6 is 35.6 Å². The second-order valence-electron chi connectivity index (χ2n) is 7.19. The third kappa shape index (κ3) is 5.63. The Morgan fingerprint density at radius 2 is 1.79 bits per heavy atom. The highest BCUT2D eigenvalue weighted by atomic mass is 35.5. The normalized spacial score (nSPS) is 14.6. The summed E-state index contributed by atoms with van der Waals surface area (Å²) in [5, 5.41) is 3.37. The zero-order valence-corrected chi connectivity index (χ0v) is 20.0. The first-order valence-corrected chi connectivity index (χ1v) is 11.6. The van der Waals surface area contributed by atoms with Crippen LogP contribution in [-0.4, -0.2) is 16.1 Å². The number of nitrogens with zero attached hydrogens (tertiary/aromatic N) is 1. The van der Waals surface area contributed by atoms with Gasteiger partial charge in [0.2, 0.25) is 5.91 Å². The molecule has 1 N–H and O–H groups in total. The van der Waals surface area contributed by atoms with E-state index in [1.807, 2.05) is 54.6 Å². The fourth-order valence-corrected chi connectivity index (χ4v) is 4.66. The molecule has 0 bridgehead atoms. The molecule has 3 aromatic carbocycles. The standard InChI is InChI=1S/C25H19ClN2O3S2/c1-16(29)27-19-8-10-20(11-9-19)28-24(30)23(33-25(28)32)14-17-6-12-21(13-7-17)31-15-18-4-2-3-5-22(18)26/h2-14H,15H2,1H3,(H,27,29)/b23-14-. The van der Waals surface area contributed by atoms with Crippen molar-refractivity contribution in [2.24, 2.45) is 0 Å². The predicted octanol–water partition coefficient (Wildman–Crippen LogP) is 6.28. The molecule has 166 valence electrons. The van der Waals surface area contributed by atoms with Gasteiger partial charge in [0.15, 0.2) is 4.32 Å². The maximum atomic E-state index is 13.0. The van der Waals surface area contributed by atoms with Gasteiger partial charge in [-0.05, 0) is 54.1 Å². The Balaban J connectivity index is 1.43. The number of anilines is 2.